The van der Waals surface area contributed by atoms with Crippen molar-refractivity contribution in [2.75, 3.05) is 0 Å². The predicted molar refractivity (Wildman–Crippen MR) is 44.6 cm³/mol. The van der Waals surface area contributed by atoms with Gasteiger partial charge in [-0.2, -0.15) is 0 Å². The molecule has 0 heterocycles. The van der Waals surface area contributed by atoms with Gasteiger partial charge >= 0.3 is 0 Å². The quantitative estimate of drug-likeness (QED) is 0.546. The molecule has 2 fully saturated rings. The number of carbonyl (C=O) groups excluding carboxylic acids is 1. The van der Waals surface area contributed by atoms with Crippen molar-refractivity contribution < 1.29 is 9.18 Å². The summed E-state index contributed by atoms with van der Waals surface area (Å²) in [5, 5.41) is 0. The fourth-order valence-corrected chi connectivity index (χ4v) is 2.98. The van der Waals surface area contributed by atoms with Gasteiger partial charge in [-0.05, 0) is 24.7 Å². The molecule has 0 unspecified atom stereocenters. The fourth-order valence-electron chi connectivity index (χ4n) is 2.98. The highest BCUT2D eigenvalue weighted by molar-refractivity contribution is 5.89. The third-order valence-electron chi connectivity index (χ3n) is 3.57. The van der Waals surface area contributed by atoms with Gasteiger partial charge in [0.25, 0.3) is 0 Å². The third-order valence-corrected chi connectivity index (χ3v) is 3.57. The zero-order valence-corrected chi connectivity index (χ0v) is 7.69. The molecule has 2 rings (SSSR count). The Morgan fingerprint density at radius 1 is 1.50 bits per heavy atom. The molecule has 0 radical (unpaired) electrons. The lowest BCUT2D eigenvalue weighted by molar-refractivity contribution is -0.174. The van der Waals surface area contributed by atoms with Crippen LogP contribution in [0, 0.1) is 11.3 Å². The number of carbonyl (C=O) groups is 1. The van der Waals surface area contributed by atoms with Gasteiger partial charge in [-0.15, -0.1) is 0 Å². The molecule has 0 aromatic heterocycles. The van der Waals surface area contributed by atoms with Crippen LogP contribution in [0.25, 0.3) is 0 Å². The molecule has 0 N–H and O–H groups in total. The average molecular weight is 170 g/mol. The van der Waals surface area contributed by atoms with Crippen LogP contribution >= 0.6 is 0 Å². The van der Waals surface area contributed by atoms with E-state index in [9.17, 15) is 9.18 Å². The van der Waals surface area contributed by atoms with Crippen molar-refractivity contribution in [2.45, 2.75) is 45.2 Å². The lowest BCUT2D eigenvalue weighted by Crippen LogP contribution is -2.62. The van der Waals surface area contributed by atoms with Crippen LogP contribution in [0.3, 0.4) is 0 Å². The summed E-state index contributed by atoms with van der Waals surface area (Å²) < 4.78 is 13.9. The van der Waals surface area contributed by atoms with Gasteiger partial charge in [0.15, 0.2) is 11.5 Å². The number of ketones is 1. The van der Waals surface area contributed by atoms with Crippen LogP contribution in [-0.2, 0) is 4.79 Å². The monoisotopic (exact) mass is 170 g/mol. The maximum absolute atomic E-state index is 13.9. The molecule has 0 aliphatic heterocycles. The number of hydrogen-bond donors (Lipinski definition) is 0. The number of hydrogen-bond acceptors (Lipinski definition) is 1. The van der Waals surface area contributed by atoms with Crippen molar-refractivity contribution in [2.24, 2.45) is 11.3 Å². The second-order valence-corrected chi connectivity index (χ2v) is 4.90. The summed E-state index contributed by atoms with van der Waals surface area (Å²) in [6, 6.07) is 0. The van der Waals surface area contributed by atoms with Gasteiger partial charge in [0.1, 0.15) is 0 Å². The summed E-state index contributed by atoms with van der Waals surface area (Å²) in [5.74, 6) is -0.135. The second kappa shape index (κ2) is 2.09. The molecule has 0 saturated heterocycles. The highest BCUT2D eigenvalue weighted by atomic mass is 19.1. The summed E-state index contributed by atoms with van der Waals surface area (Å²) >= 11 is 0. The van der Waals surface area contributed by atoms with Gasteiger partial charge in [-0.1, -0.05) is 13.8 Å². The maximum Gasteiger partial charge on any atom is 0.172 e. The second-order valence-electron chi connectivity index (χ2n) is 4.90. The number of fused-ring (bicyclic) bond motifs is 1. The van der Waals surface area contributed by atoms with Crippen molar-refractivity contribution in [1.82, 2.24) is 0 Å². The number of Topliss-reactive ketones (excluding diaryl/α,β-unsaturated/α-hetero) is 1. The van der Waals surface area contributed by atoms with Crippen LogP contribution in [0.1, 0.15) is 39.5 Å². The van der Waals surface area contributed by atoms with Gasteiger partial charge in [0.2, 0.25) is 0 Å². The number of rotatable bonds is 0. The SMILES string of the molecule is CC1(C)C[C@@]2(F)C(=O)CCC[C@@H]12. The van der Waals surface area contributed by atoms with Crippen molar-refractivity contribution in [1.29, 1.82) is 0 Å². The van der Waals surface area contributed by atoms with Gasteiger partial charge < -0.3 is 0 Å². The number of halogens is 1. The molecule has 2 aliphatic rings. The highest BCUT2D eigenvalue weighted by Crippen LogP contribution is 2.60. The van der Waals surface area contributed by atoms with E-state index < -0.39 is 5.67 Å². The zero-order chi connectivity index (χ0) is 8.98. The molecule has 2 atom stereocenters. The van der Waals surface area contributed by atoms with E-state index in [1.54, 1.807) is 0 Å². The van der Waals surface area contributed by atoms with Crippen LogP contribution in [0.5, 0.6) is 0 Å². The largest absolute Gasteiger partial charge is 0.296 e. The van der Waals surface area contributed by atoms with Gasteiger partial charge in [-0.25, -0.2) is 4.39 Å². The predicted octanol–water partition coefficient (Wildman–Crippen LogP) is 2.49. The Balaban J connectivity index is 2.24. The van der Waals surface area contributed by atoms with E-state index in [1.807, 2.05) is 0 Å². The van der Waals surface area contributed by atoms with Crippen molar-refractivity contribution in [3.63, 3.8) is 0 Å². The summed E-state index contributed by atoms with van der Waals surface area (Å²) in [7, 11) is 0. The zero-order valence-electron chi connectivity index (χ0n) is 7.69. The minimum absolute atomic E-state index is 0.00579. The molecular formula is C10H15FO. The van der Waals surface area contributed by atoms with Crippen LogP contribution in [0.4, 0.5) is 4.39 Å². The van der Waals surface area contributed by atoms with E-state index in [-0.39, 0.29) is 17.1 Å². The number of alkyl halides is 1. The third kappa shape index (κ3) is 0.810. The van der Waals surface area contributed by atoms with Crippen molar-refractivity contribution in [3.8, 4) is 0 Å². The standard InChI is InChI=1S/C10H15FO/c1-9(2)6-10(11)7(9)4-3-5-8(10)12/h7H,3-6H2,1-2H3/t7-,10-/m0/s1. The van der Waals surface area contributed by atoms with E-state index in [0.29, 0.717) is 12.8 Å². The van der Waals surface area contributed by atoms with Crippen LogP contribution in [0.15, 0.2) is 0 Å². The lowest BCUT2D eigenvalue weighted by Gasteiger charge is -2.57. The van der Waals surface area contributed by atoms with E-state index in [4.69, 9.17) is 0 Å². The molecule has 0 spiro atoms. The van der Waals surface area contributed by atoms with Crippen LogP contribution in [-0.4, -0.2) is 11.5 Å². The Labute approximate surface area is 72.3 Å². The first-order chi connectivity index (χ1) is 5.47. The minimum atomic E-state index is -1.43. The van der Waals surface area contributed by atoms with Gasteiger partial charge in [-0.3, -0.25) is 4.79 Å². The maximum atomic E-state index is 13.9. The molecule has 1 nitrogen and oxygen atoms in total. The minimum Gasteiger partial charge on any atom is -0.296 e. The van der Waals surface area contributed by atoms with Crippen LogP contribution < -0.4 is 0 Å². The van der Waals surface area contributed by atoms with E-state index >= 15 is 0 Å². The van der Waals surface area contributed by atoms with E-state index in [0.717, 1.165) is 12.8 Å². The summed E-state index contributed by atoms with van der Waals surface area (Å²) in [4.78, 5) is 11.3. The topological polar surface area (TPSA) is 17.1 Å². The van der Waals surface area contributed by atoms with Gasteiger partial charge in [0.05, 0.1) is 0 Å². The van der Waals surface area contributed by atoms with Crippen molar-refractivity contribution >= 4 is 5.78 Å². The highest BCUT2D eigenvalue weighted by Gasteiger charge is 2.64. The Hall–Kier alpha value is -0.400. The molecule has 68 valence electrons. The summed E-state index contributed by atoms with van der Waals surface area (Å²) in [5.41, 5.74) is -1.37. The summed E-state index contributed by atoms with van der Waals surface area (Å²) in [6.45, 7) is 4.13. The molecule has 0 amide bonds. The first kappa shape index (κ1) is 8.21. The fraction of sp³-hybridized carbons (Fsp3) is 0.900. The average Bonchev–Trinajstić information content (AvgIpc) is 1.93. The van der Waals surface area contributed by atoms with Crippen molar-refractivity contribution in [3.05, 3.63) is 0 Å². The lowest BCUT2D eigenvalue weighted by atomic mass is 9.49. The molecule has 0 bridgehead atoms. The first-order valence-electron chi connectivity index (χ1n) is 4.69. The Morgan fingerprint density at radius 2 is 2.17 bits per heavy atom. The normalized spacial score (nSPS) is 44.9. The molecule has 0 aromatic carbocycles. The van der Waals surface area contributed by atoms with Gasteiger partial charge in [0, 0.05) is 12.3 Å². The first-order valence-corrected chi connectivity index (χ1v) is 4.69. The Morgan fingerprint density at radius 3 is 2.67 bits per heavy atom. The van der Waals surface area contributed by atoms with Crippen LogP contribution in [0.2, 0.25) is 0 Å². The smallest absolute Gasteiger partial charge is 0.172 e. The summed E-state index contributed by atoms with van der Waals surface area (Å²) in [6.07, 6.45) is 2.69. The molecule has 2 heteroatoms. The molecule has 2 saturated carbocycles. The molecule has 2 aliphatic carbocycles. The molecular weight excluding hydrogens is 155 g/mol. The van der Waals surface area contributed by atoms with E-state index in [1.165, 1.54) is 0 Å². The molecule has 12 heavy (non-hydrogen) atoms. The molecule has 0 aromatic rings. The van der Waals surface area contributed by atoms with E-state index in [2.05, 4.69) is 13.8 Å². The Kier molecular flexibility index (Phi) is 1.43. The Bertz CT molecular complexity index is 234.